The van der Waals surface area contributed by atoms with Gasteiger partial charge in [-0.3, -0.25) is 4.79 Å². The van der Waals surface area contributed by atoms with E-state index >= 15 is 0 Å². The molecule has 0 fully saturated rings. The predicted molar refractivity (Wildman–Crippen MR) is 67.6 cm³/mol. The van der Waals surface area contributed by atoms with Crippen LogP contribution < -0.4 is 0 Å². The second-order valence-electron chi connectivity index (χ2n) is 3.97. The van der Waals surface area contributed by atoms with E-state index in [-0.39, 0.29) is 17.9 Å². The molecule has 1 aromatic rings. The van der Waals surface area contributed by atoms with Crippen molar-refractivity contribution >= 4 is 16.0 Å². The highest BCUT2D eigenvalue weighted by Gasteiger charge is 2.21. The van der Waals surface area contributed by atoms with Gasteiger partial charge < -0.3 is 4.74 Å². The van der Waals surface area contributed by atoms with Gasteiger partial charge in [0.1, 0.15) is 0 Å². The Bertz CT molecular complexity index is 525. The molecule has 1 aromatic carbocycles. The first-order valence-corrected chi connectivity index (χ1v) is 6.91. The maximum absolute atomic E-state index is 12.2. The van der Waals surface area contributed by atoms with Gasteiger partial charge in [-0.2, -0.15) is 0 Å². The molecule has 0 saturated carbocycles. The number of esters is 1. The Morgan fingerprint density at radius 2 is 2.06 bits per heavy atom. The third-order valence-electron chi connectivity index (χ3n) is 2.56. The summed E-state index contributed by atoms with van der Waals surface area (Å²) < 4.78 is 29.9. The Hall–Kier alpha value is -1.40. The highest BCUT2D eigenvalue weighted by Crippen LogP contribution is 2.15. The molecule has 100 valence electrons. The monoisotopic (exact) mass is 271 g/mol. The van der Waals surface area contributed by atoms with E-state index in [9.17, 15) is 13.2 Å². The number of methoxy groups -OCH3 is 1. The smallest absolute Gasteiger partial charge is 0.306 e. The highest BCUT2D eigenvalue weighted by molar-refractivity contribution is 7.89. The molecule has 0 spiro atoms. The molecule has 6 heteroatoms. The molecule has 0 radical (unpaired) electrons. The fourth-order valence-corrected chi connectivity index (χ4v) is 2.70. The number of benzene rings is 1. The third kappa shape index (κ3) is 3.54. The summed E-state index contributed by atoms with van der Waals surface area (Å²) in [5, 5.41) is 0. The van der Waals surface area contributed by atoms with Crippen molar-refractivity contribution in [3.05, 3.63) is 29.8 Å². The molecule has 0 saturated heterocycles. The molecule has 0 aliphatic rings. The number of ether oxygens (including phenoxy) is 1. The lowest BCUT2D eigenvalue weighted by Gasteiger charge is -2.16. The number of carbonyl (C=O) groups excluding carboxylic acids is 1. The van der Waals surface area contributed by atoms with Gasteiger partial charge in [-0.1, -0.05) is 12.1 Å². The molecule has 0 amide bonds. The summed E-state index contributed by atoms with van der Waals surface area (Å²) in [6.07, 6.45) is 0.0397. The SMILES string of the molecule is COC(=O)CCN(C)S(=O)(=O)c1cccc(C)c1. The van der Waals surface area contributed by atoms with Crippen molar-refractivity contribution < 1.29 is 17.9 Å². The molecule has 0 bridgehead atoms. The number of carbonyl (C=O) groups is 1. The fraction of sp³-hybridized carbons (Fsp3) is 0.417. The summed E-state index contributed by atoms with van der Waals surface area (Å²) in [6, 6.07) is 6.66. The molecular formula is C12H17NO4S. The Kier molecular flexibility index (Phi) is 4.86. The fourth-order valence-electron chi connectivity index (χ4n) is 1.43. The number of hydrogen-bond acceptors (Lipinski definition) is 4. The van der Waals surface area contributed by atoms with E-state index in [0.29, 0.717) is 0 Å². The molecule has 0 atom stereocenters. The summed E-state index contributed by atoms with van der Waals surface area (Å²) in [6.45, 7) is 1.93. The molecule has 0 aromatic heterocycles. The standard InChI is InChI=1S/C12H17NO4S/c1-10-5-4-6-11(9-10)18(15,16)13(2)8-7-12(14)17-3/h4-6,9H,7-8H2,1-3H3. The average molecular weight is 271 g/mol. The van der Waals surface area contributed by atoms with Crippen LogP contribution in [0.1, 0.15) is 12.0 Å². The first-order chi connectivity index (χ1) is 8.37. The van der Waals surface area contributed by atoms with Crippen molar-refractivity contribution in [2.75, 3.05) is 20.7 Å². The minimum absolute atomic E-state index is 0.0397. The van der Waals surface area contributed by atoms with E-state index in [0.717, 1.165) is 9.87 Å². The van der Waals surface area contributed by atoms with Crippen LogP contribution in [0.4, 0.5) is 0 Å². The lowest BCUT2D eigenvalue weighted by Crippen LogP contribution is -2.29. The van der Waals surface area contributed by atoms with Crippen LogP contribution in [0.2, 0.25) is 0 Å². The summed E-state index contributed by atoms with van der Waals surface area (Å²) >= 11 is 0. The van der Waals surface area contributed by atoms with Gasteiger partial charge in [0.25, 0.3) is 0 Å². The Balaban J connectivity index is 2.83. The normalized spacial score (nSPS) is 11.6. The first-order valence-electron chi connectivity index (χ1n) is 5.47. The van der Waals surface area contributed by atoms with Crippen molar-refractivity contribution in [2.24, 2.45) is 0 Å². The topological polar surface area (TPSA) is 63.7 Å². The Morgan fingerprint density at radius 1 is 1.39 bits per heavy atom. The van der Waals surface area contributed by atoms with E-state index in [4.69, 9.17) is 0 Å². The van der Waals surface area contributed by atoms with Gasteiger partial charge in [-0.25, -0.2) is 12.7 Å². The molecule has 0 unspecified atom stereocenters. The molecular weight excluding hydrogens is 254 g/mol. The van der Waals surface area contributed by atoms with E-state index in [1.807, 2.05) is 13.0 Å². The van der Waals surface area contributed by atoms with Crippen molar-refractivity contribution in [3.63, 3.8) is 0 Å². The van der Waals surface area contributed by atoms with Gasteiger partial charge in [-0.05, 0) is 24.6 Å². The van der Waals surface area contributed by atoms with Crippen LogP contribution in [-0.4, -0.2) is 39.4 Å². The number of rotatable bonds is 5. The maximum atomic E-state index is 12.2. The van der Waals surface area contributed by atoms with Crippen LogP contribution in [0, 0.1) is 6.92 Å². The number of nitrogens with zero attached hydrogens (tertiary/aromatic N) is 1. The Labute approximate surface area is 107 Å². The largest absolute Gasteiger partial charge is 0.469 e. The summed E-state index contributed by atoms with van der Waals surface area (Å²) in [5.41, 5.74) is 0.873. The maximum Gasteiger partial charge on any atom is 0.306 e. The van der Waals surface area contributed by atoms with Gasteiger partial charge in [-0.15, -0.1) is 0 Å². The number of aryl methyl sites for hydroxylation is 1. The van der Waals surface area contributed by atoms with Crippen LogP contribution in [0.25, 0.3) is 0 Å². The lowest BCUT2D eigenvalue weighted by molar-refractivity contribution is -0.140. The molecule has 0 N–H and O–H groups in total. The average Bonchev–Trinajstić information content (AvgIpc) is 2.35. The number of hydrogen-bond donors (Lipinski definition) is 0. The van der Waals surface area contributed by atoms with Crippen molar-refractivity contribution in [1.29, 1.82) is 0 Å². The molecule has 5 nitrogen and oxygen atoms in total. The van der Waals surface area contributed by atoms with Crippen LogP contribution in [-0.2, 0) is 19.6 Å². The second-order valence-corrected chi connectivity index (χ2v) is 6.01. The van der Waals surface area contributed by atoms with E-state index in [1.165, 1.54) is 20.2 Å². The van der Waals surface area contributed by atoms with Crippen molar-refractivity contribution in [1.82, 2.24) is 4.31 Å². The third-order valence-corrected chi connectivity index (χ3v) is 4.41. The molecule has 0 heterocycles. The van der Waals surface area contributed by atoms with Gasteiger partial charge in [0.2, 0.25) is 10.0 Å². The molecule has 1 rings (SSSR count). The molecule has 0 aliphatic heterocycles. The van der Waals surface area contributed by atoms with E-state index in [2.05, 4.69) is 4.74 Å². The van der Waals surface area contributed by atoms with E-state index in [1.54, 1.807) is 12.1 Å². The van der Waals surface area contributed by atoms with Crippen molar-refractivity contribution in [3.8, 4) is 0 Å². The zero-order valence-electron chi connectivity index (χ0n) is 10.7. The highest BCUT2D eigenvalue weighted by atomic mass is 32.2. The zero-order chi connectivity index (χ0) is 13.8. The van der Waals surface area contributed by atoms with Crippen molar-refractivity contribution in [2.45, 2.75) is 18.2 Å². The summed E-state index contributed by atoms with van der Waals surface area (Å²) in [7, 11) is -0.820. The van der Waals surface area contributed by atoms with Crippen LogP contribution in [0.15, 0.2) is 29.2 Å². The Morgan fingerprint density at radius 3 is 2.61 bits per heavy atom. The van der Waals surface area contributed by atoms with Gasteiger partial charge >= 0.3 is 5.97 Å². The van der Waals surface area contributed by atoms with Crippen LogP contribution in [0.5, 0.6) is 0 Å². The minimum atomic E-state index is -3.54. The lowest BCUT2D eigenvalue weighted by atomic mass is 10.2. The quantitative estimate of drug-likeness (QED) is 0.754. The minimum Gasteiger partial charge on any atom is -0.469 e. The predicted octanol–water partition coefficient (Wildman–Crippen LogP) is 1.18. The van der Waals surface area contributed by atoms with Crippen LogP contribution >= 0.6 is 0 Å². The zero-order valence-corrected chi connectivity index (χ0v) is 11.5. The number of sulfonamides is 1. The summed E-state index contributed by atoms with van der Waals surface area (Å²) in [5.74, 6) is -0.429. The summed E-state index contributed by atoms with van der Waals surface area (Å²) in [4.78, 5) is 11.2. The molecule has 0 aliphatic carbocycles. The van der Waals surface area contributed by atoms with Crippen LogP contribution in [0.3, 0.4) is 0 Å². The first kappa shape index (κ1) is 14.7. The van der Waals surface area contributed by atoms with Gasteiger partial charge in [0.05, 0.1) is 18.4 Å². The molecule has 18 heavy (non-hydrogen) atoms. The second kappa shape index (κ2) is 5.97. The van der Waals surface area contributed by atoms with E-state index < -0.39 is 16.0 Å². The van der Waals surface area contributed by atoms with Gasteiger partial charge in [0.15, 0.2) is 0 Å². The van der Waals surface area contributed by atoms with Gasteiger partial charge in [0, 0.05) is 13.6 Å².